The number of amides is 4. The van der Waals surface area contributed by atoms with E-state index in [1.807, 2.05) is 5.32 Å². The van der Waals surface area contributed by atoms with Gasteiger partial charge in [0.2, 0.25) is 0 Å². The molecule has 0 aromatic carbocycles. The summed E-state index contributed by atoms with van der Waals surface area (Å²) < 4.78 is 0. The monoisotopic (exact) mass is 215 g/mol. The Labute approximate surface area is 87.0 Å². The summed E-state index contributed by atoms with van der Waals surface area (Å²) in [7, 11) is 4.08. The number of hydrogen-bond acceptors (Lipinski definition) is 4. The molecular weight excluding hydrogens is 202 g/mol. The highest BCUT2D eigenvalue weighted by Gasteiger charge is 2.05. The van der Waals surface area contributed by atoms with E-state index in [9.17, 15) is 14.4 Å². The predicted molar refractivity (Wildman–Crippen MR) is 51.5 cm³/mol. The Morgan fingerprint density at radius 2 is 1.87 bits per heavy atom. The molecule has 0 heterocycles. The van der Waals surface area contributed by atoms with Crippen LogP contribution in [0.25, 0.3) is 0 Å². The van der Waals surface area contributed by atoms with Gasteiger partial charge in [-0.15, -0.1) is 0 Å². The van der Waals surface area contributed by atoms with Crippen molar-refractivity contribution in [1.29, 1.82) is 0 Å². The molecule has 4 amide bonds. The third kappa shape index (κ3) is 5.42. The maximum absolute atomic E-state index is 11.1. The summed E-state index contributed by atoms with van der Waals surface area (Å²) in [4.78, 5) is 37.3. The van der Waals surface area contributed by atoms with Crippen LogP contribution in [0.1, 0.15) is 0 Å². The zero-order chi connectivity index (χ0) is 11.8. The summed E-state index contributed by atoms with van der Waals surface area (Å²) in [6.45, 7) is 0. The van der Waals surface area contributed by atoms with E-state index < -0.39 is 17.8 Å². The number of nitrogens with zero attached hydrogens (tertiary/aromatic N) is 1. The fraction of sp³-hybridized carbons (Fsp3) is 0.375. The summed E-state index contributed by atoms with van der Waals surface area (Å²) in [6, 6.07) is -0.641. The average Bonchev–Trinajstić information content (AvgIpc) is 2.24. The van der Waals surface area contributed by atoms with Crippen molar-refractivity contribution in [2.45, 2.75) is 0 Å². The number of hydrogen-bond donors (Lipinski definition) is 2. The van der Waals surface area contributed by atoms with Gasteiger partial charge < -0.3 is 5.32 Å². The van der Waals surface area contributed by atoms with Crippen LogP contribution >= 0.6 is 0 Å². The molecule has 2 N–H and O–H groups in total. The van der Waals surface area contributed by atoms with Crippen LogP contribution in [-0.4, -0.2) is 44.1 Å². The zero-order valence-corrected chi connectivity index (χ0v) is 8.73. The van der Waals surface area contributed by atoms with Crippen molar-refractivity contribution >= 4 is 17.8 Å². The second kappa shape index (κ2) is 6.55. The predicted octanol–water partition coefficient (Wildman–Crippen LogP) is -0.982. The van der Waals surface area contributed by atoms with Crippen LogP contribution in [0.2, 0.25) is 0 Å². The topological polar surface area (TPSA) is 87.7 Å². The first-order chi connectivity index (χ1) is 7.01. The van der Waals surface area contributed by atoms with Crippen molar-refractivity contribution < 1.29 is 19.2 Å². The first-order valence-corrected chi connectivity index (χ1v) is 4.03. The van der Waals surface area contributed by atoms with Crippen LogP contribution in [0.15, 0.2) is 12.2 Å². The summed E-state index contributed by atoms with van der Waals surface area (Å²) in [5.74, 6) is -1.20. The number of carbonyl (C=O) groups is 3. The van der Waals surface area contributed by atoms with Crippen molar-refractivity contribution in [3.63, 3.8) is 0 Å². The van der Waals surface area contributed by atoms with E-state index >= 15 is 0 Å². The van der Waals surface area contributed by atoms with E-state index in [1.165, 1.54) is 21.2 Å². The number of carbonyl (C=O) groups excluding carboxylic acids is 3. The van der Waals surface area contributed by atoms with E-state index in [4.69, 9.17) is 0 Å². The summed E-state index contributed by atoms with van der Waals surface area (Å²) >= 11 is 0. The van der Waals surface area contributed by atoms with Crippen LogP contribution in [0, 0.1) is 0 Å². The van der Waals surface area contributed by atoms with E-state index in [0.29, 0.717) is 0 Å². The Balaban J connectivity index is 4.11. The molecule has 0 radical (unpaired) electrons. The minimum atomic E-state index is -0.688. The molecule has 84 valence electrons. The molecule has 0 aliphatic heterocycles. The molecule has 0 fully saturated rings. The lowest BCUT2D eigenvalue weighted by Crippen LogP contribution is -2.36. The van der Waals surface area contributed by atoms with Crippen molar-refractivity contribution in [3.8, 4) is 0 Å². The first-order valence-electron chi connectivity index (χ1n) is 4.03. The Morgan fingerprint density at radius 3 is 2.33 bits per heavy atom. The third-order valence-corrected chi connectivity index (χ3v) is 1.43. The van der Waals surface area contributed by atoms with Gasteiger partial charge in [0.15, 0.2) is 0 Å². The molecular formula is C8H13N3O4. The van der Waals surface area contributed by atoms with Crippen molar-refractivity contribution in [1.82, 2.24) is 15.7 Å². The number of rotatable bonds is 3. The Hall–Kier alpha value is -1.89. The highest BCUT2D eigenvalue weighted by Crippen LogP contribution is 1.86. The van der Waals surface area contributed by atoms with Crippen molar-refractivity contribution in [2.24, 2.45) is 0 Å². The Morgan fingerprint density at radius 1 is 1.27 bits per heavy atom. The molecule has 0 aromatic heterocycles. The minimum absolute atomic E-state index is 0.510. The van der Waals surface area contributed by atoms with E-state index in [-0.39, 0.29) is 0 Å². The van der Waals surface area contributed by atoms with Crippen LogP contribution in [0.4, 0.5) is 4.79 Å². The lowest BCUT2D eigenvalue weighted by molar-refractivity contribution is -0.162. The molecule has 0 bridgehead atoms. The molecule has 0 unspecified atom stereocenters. The van der Waals surface area contributed by atoms with Gasteiger partial charge in [0.25, 0.3) is 11.8 Å². The molecule has 0 saturated carbocycles. The van der Waals surface area contributed by atoms with Crippen molar-refractivity contribution in [3.05, 3.63) is 12.2 Å². The summed E-state index contributed by atoms with van der Waals surface area (Å²) in [5, 5.41) is 5.08. The van der Waals surface area contributed by atoms with Gasteiger partial charge in [0.05, 0.1) is 7.11 Å². The minimum Gasteiger partial charge on any atom is -0.341 e. The molecule has 0 spiro atoms. The van der Waals surface area contributed by atoms with Crippen LogP contribution in [0.3, 0.4) is 0 Å². The molecule has 0 aromatic rings. The van der Waals surface area contributed by atoms with Crippen LogP contribution in [0.5, 0.6) is 0 Å². The van der Waals surface area contributed by atoms with Gasteiger partial charge in [-0.3, -0.25) is 19.7 Å². The maximum Gasteiger partial charge on any atom is 0.321 e. The molecule has 0 atom stereocenters. The lowest BCUT2D eigenvalue weighted by Gasteiger charge is -2.09. The standard InChI is InChI=1S/C8H13N3O4/c1-9-8(14)10-6(12)4-5-7(13)11(2)15-3/h4-5H,1-3H3,(H2,9,10,12,14)/b5-4+. The van der Waals surface area contributed by atoms with Gasteiger partial charge in [-0.05, 0) is 0 Å². The lowest BCUT2D eigenvalue weighted by atomic mass is 10.4. The Kier molecular flexibility index (Phi) is 5.72. The second-order valence-corrected chi connectivity index (χ2v) is 2.42. The molecule has 0 aliphatic carbocycles. The van der Waals surface area contributed by atoms with Gasteiger partial charge in [-0.25, -0.2) is 9.86 Å². The van der Waals surface area contributed by atoms with E-state index in [2.05, 4.69) is 10.2 Å². The second-order valence-electron chi connectivity index (χ2n) is 2.42. The summed E-state index contributed by atoms with van der Waals surface area (Å²) in [6.07, 6.45) is 1.93. The summed E-state index contributed by atoms with van der Waals surface area (Å²) in [5.41, 5.74) is 0. The number of imide groups is 1. The molecule has 0 rings (SSSR count). The fourth-order valence-electron chi connectivity index (χ4n) is 0.558. The molecule has 0 aliphatic rings. The van der Waals surface area contributed by atoms with Gasteiger partial charge in [-0.2, -0.15) is 0 Å². The van der Waals surface area contributed by atoms with E-state index in [1.54, 1.807) is 0 Å². The van der Waals surface area contributed by atoms with Gasteiger partial charge in [0, 0.05) is 26.2 Å². The third-order valence-electron chi connectivity index (χ3n) is 1.43. The van der Waals surface area contributed by atoms with Crippen LogP contribution < -0.4 is 10.6 Å². The Bertz CT molecular complexity index is 288. The molecule has 7 heteroatoms. The maximum atomic E-state index is 11.1. The smallest absolute Gasteiger partial charge is 0.321 e. The van der Waals surface area contributed by atoms with Gasteiger partial charge in [0.1, 0.15) is 0 Å². The largest absolute Gasteiger partial charge is 0.341 e. The normalized spacial score (nSPS) is 9.80. The number of urea groups is 1. The number of likely N-dealkylation sites (N-methyl/N-ethyl adjacent to an activating group) is 1. The fourth-order valence-corrected chi connectivity index (χ4v) is 0.558. The van der Waals surface area contributed by atoms with E-state index in [0.717, 1.165) is 17.2 Å². The molecule has 0 saturated heterocycles. The number of nitrogens with one attached hydrogen (secondary N) is 2. The highest BCUT2D eigenvalue weighted by atomic mass is 16.7. The van der Waals surface area contributed by atoms with Gasteiger partial charge >= 0.3 is 6.03 Å². The first kappa shape index (κ1) is 13.1. The van der Waals surface area contributed by atoms with Gasteiger partial charge in [-0.1, -0.05) is 0 Å². The number of hydroxylamine groups is 2. The van der Waals surface area contributed by atoms with Crippen molar-refractivity contribution in [2.75, 3.05) is 21.2 Å². The molecule has 15 heavy (non-hydrogen) atoms. The average molecular weight is 215 g/mol. The highest BCUT2D eigenvalue weighted by molar-refractivity contribution is 6.03. The quantitative estimate of drug-likeness (QED) is 0.468. The SMILES string of the molecule is CNC(=O)NC(=O)/C=C/C(=O)N(C)OC. The zero-order valence-electron chi connectivity index (χ0n) is 8.73. The molecule has 7 nitrogen and oxygen atoms in total. The van der Waals surface area contributed by atoms with Crippen LogP contribution in [-0.2, 0) is 14.4 Å².